The molecule has 8 atom stereocenters. The van der Waals surface area contributed by atoms with Gasteiger partial charge in [-0.25, -0.2) is 0 Å². The van der Waals surface area contributed by atoms with Crippen LogP contribution in [0.4, 0.5) is 0 Å². The number of carboxylic acid groups (broad SMARTS) is 2. The number of hydrogen-bond donors (Lipinski definition) is 10. The third-order valence-corrected chi connectivity index (χ3v) is 2.99. The zero-order valence-corrected chi connectivity index (χ0v) is 17.8. The number of aliphatic hydroxyl groups excluding tert-OH is 10. The summed E-state index contributed by atoms with van der Waals surface area (Å²) in [6.45, 7) is -1.73. The van der Waals surface area contributed by atoms with Crippen LogP contribution in [0.3, 0.4) is 0 Å². The largest absolute Gasteiger partial charge is 2.00 e. The maximum atomic E-state index is 9.98. The number of aliphatic carboxylic acids is 2. The third kappa shape index (κ3) is 13.8. The first-order valence-corrected chi connectivity index (χ1v) is 6.91. The van der Waals surface area contributed by atoms with E-state index in [1.807, 2.05) is 0 Å². The molecule has 0 saturated carbocycles. The van der Waals surface area contributed by atoms with Gasteiger partial charge < -0.3 is 81.8 Å². The molecule has 0 rings (SSSR count). The fourth-order valence-electron chi connectivity index (χ4n) is 1.32. The van der Waals surface area contributed by atoms with Gasteiger partial charge in [-0.05, 0) is 0 Å². The molecule has 172 valence electrons. The summed E-state index contributed by atoms with van der Waals surface area (Å²) in [5.74, 6) is -3.95. The van der Waals surface area contributed by atoms with Crippen LogP contribution in [-0.4, -0.2) is 136 Å². The van der Waals surface area contributed by atoms with Gasteiger partial charge in [0.1, 0.15) is 48.8 Å². The molecule has 0 heterocycles. The Bertz CT molecular complexity index is 387. The second-order valence-corrected chi connectivity index (χ2v) is 4.99. The smallest absolute Gasteiger partial charge is 0.547 e. The van der Waals surface area contributed by atoms with Gasteiger partial charge in [0.15, 0.2) is 0 Å². The zero-order chi connectivity index (χ0) is 21.2. The van der Waals surface area contributed by atoms with E-state index >= 15 is 0 Å². The summed E-state index contributed by atoms with van der Waals surface area (Å²) in [5, 5.41) is 107. The first kappa shape index (κ1) is 38.7. The minimum absolute atomic E-state index is 0. The van der Waals surface area contributed by atoms with Gasteiger partial charge in [-0.15, -0.1) is 0 Å². The van der Waals surface area contributed by atoms with E-state index in [2.05, 4.69) is 0 Å². The van der Waals surface area contributed by atoms with E-state index in [1.54, 1.807) is 0 Å². The Labute approximate surface area is 175 Å². The Morgan fingerprint density at radius 3 is 0.931 bits per heavy atom. The van der Waals surface area contributed by atoms with Crippen molar-refractivity contribution in [1.29, 1.82) is 0 Å². The van der Waals surface area contributed by atoms with E-state index in [9.17, 15) is 19.8 Å². The predicted molar refractivity (Wildman–Crippen MR) is 79.5 cm³/mol. The van der Waals surface area contributed by atoms with Crippen LogP contribution in [0.2, 0.25) is 0 Å². The number of hydrogen-bond acceptors (Lipinski definition) is 14. The first-order valence-electron chi connectivity index (χ1n) is 6.91. The summed E-state index contributed by atoms with van der Waals surface area (Å²) in [5.41, 5.74) is 0. The molecule has 0 unspecified atom stereocenters. The fourth-order valence-corrected chi connectivity index (χ4v) is 1.32. The van der Waals surface area contributed by atoms with Crippen LogP contribution in [0.5, 0.6) is 0 Å². The quantitative estimate of drug-likeness (QED) is 0.127. The van der Waals surface area contributed by atoms with Crippen molar-refractivity contribution in [2.24, 2.45) is 0 Å². The molecule has 17 heteroatoms. The molecule has 14 N–H and O–H groups in total. The van der Waals surface area contributed by atoms with E-state index in [0.29, 0.717) is 0 Å². The van der Waals surface area contributed by atoms with Gasteiger partial charge in [0.2, 0.25) is 0 Å². The summed E-state index contributed by atoms with van der Waals surface area (Å²) in [6, 6.07) is 0. The Hall–Kier alpha value is -0.917. The molecular formula is C12H26O16Zn. The molecular weight excluding hydrogens is 466 g/mol. The van der Waals surface area contributed by atoms with E-state index in [1.165, 1.54) is 0 Å². The van der Waals surface area contributed by atoms with Crippen molar-refractivity contribution in [3.05, 3.63) is 0 Å². The minimum Gasteiger partial charge on any atom is -0.547 e. The van der Waals surface area contributed by atoms with Crippen molar-refractivity contribution in [2.75, 3.05) is 13.2 Å². The molecule has 0 aliphatic carbocycles. The second kappa shape index (κ2) is 19.1. The molecule has 0 amide bonds. The molecule has 0 bridgehead atoms. The molecule has 0 radical (unpaired) electrons. The molecule has 0 aromatic carbocycles. The van der Waals surface area contributed by atoms with Gasteiger partial charge in [-0.1, -0.05) is 0 Å². The summed E-state index contributed by atoms with van der Waals surface area (Å²) >= 11 is 0. The normalized spacial score (nSPS) is 18.3. The zero-order valence-electron chi connectivity index (χ0n) is 14.8. The molecule has 0 aromatic rings. The van der Waals surface area contributed by atoms with Crippen molar-refractivity contribution >= 4 is 11.9 Å². The summed E-state index contributed by atoms with van der Waals surface area (Å²) in [4.78, 5) is 20.0. The summed E-state index contributed by atoms with van der Waals surface area (Å²) in [6.07, 6.45) is -16.2. The molecule has 0 aliphatic rings. The third-order valence-electron chi connectivity index (χ3n) is 2.99. The molecule has 29 heavy (non-hydrogen) atoms. The van der Waals surface area contributed by atoms with Gasteiger partial charge >= 0.3 is 19.5 Å². The second-order valence-electron chi connectivity index (χ2n) is 4.99. The van der Waals surface area contributed by atoms with Gasteiger partial charge in [-0.2, -0.15) is 0 Å². The van der Waals surface area contributed by atoms with E-state index in [-0.39, 0.29) is 30.4 Å². The van der Waals surface area contributed by atoms with Crippen molar-refractivity contribution in [1.82, 2.24) is 0 Å². The summed E-state index contributed by atoms with van der Waals surface area (Å²) in [7, 11) is 0. The molecule has 0 fully saturated rings. The average molecular weight is 492 g/mol. The minimum atomic E-state index is -2.31. The van der Waals surface area contributed by atoms with Crippen LogP contribution >= 0.6 is 0 Å². The Morgan fingerprint density at radius 2 is 0.793 bits per heavy atom. The summed E-state index contributed by atoms with van der Waals surface area (Å²) < 4.78 is 0. The first-order chi connectivity index (χ1) is 11.8. The van der Waals surface area contributed by atoms with E-state index in [4.69, 9.17) is 51.1 Å². The van der Waals surface area contributed by atoms with Crippen LogP contribution < -0.4 is 10.2 Å². The van der Waals surface area contributed by atoms with Crippen LogP contribution in [0.1, 0.15) is 0 Å². The van der Waals surface area contributed by atoms with Gasteiger partial charge in [-0.3, -0.25) is 0 Å². The van der Waals surface area contributed by atoms with Gasteiger partial charge in [0, 0.05) is 0 Å². The topological polar surface area (TPSA) is 346 Å². The van der Waals surface area contributed by atoms with Gasteiger partial charge in [0.25, 0.3) is 0 Å². The molecule has 0 aromatic heterocycles. The standard InChI is InChI=1S/2C6H12O7.2H2O.Zn/c2*7-1-2(8)3(9)4(10)5(11)6(12)13;;;/h2*2-5,7-11H,1H2,(H,12,13);2*1H2;/q;;;;+2/p-2/t2*2-,3-,4+,5-;;;/m11.../s1. The molecule has 16 nitrogen and oxygen atoms in total. The number of carbonyl (C=O) groups is 2. The monoisotopic (exact) mass is 490 g/mol. The van der Waals surface area contributed by atoms with Crippen molar-refractivity contribution in [3.8, 4) is 0 Å². The molecule has 0 aliphatic heterocycles. The van der Waals surface area contributed by atoms with Gasteiger partial charge in [0.05, 0.1) is 25.2 Å². The molecule has 0 saturated heterocycles. The van der Waals surface area contributed by atoms with Crippen molar-refractivity contribution in [3.63, 3.8) is 0 Å². The van der Waals surface area contributed by atoms with Crippen molar-refractivity contribution in [2.45, 2.75) is 48.8 Å². The van der Waals surface area contributed by atoms with Crippen LogP contribution in [0, 0.1) is 0 Å². The Morgan fingerprint density at radius 1 is 0.586 bits per heavy atom. The van der Waals surface area contributed by atoms with E-state index in [0.717, 1.165) is 0 Å². The average Bonchev–Trinajstić information content (AvgIpc) is 2.62. The fraction of sp³-hybridized carbons (Fsp3) is 0.833. The maximum Gasteiger partial charge on any atom is 2.00 e. The SMILES string of the molecule is O.O.O=C([O-])[C@H](O)[C@@H](O)[C@H](O)[C@H](O)CO.O=C([O-])[C@H](O)[C@@H](O)[C@H](O)[C@H](O)CO.[Zn+2]. The maximum absolute atomic E-state index is 9.98. The number of aliphatic hydroxyl groups is 10. The number of rotatable bonds is 10. The van der Waals surface area contributed by atoms with Crippen molar-refractivity contribution < 1.29 is 101 Å². The number of carbonyl (C=O) groups excluding carboxylic acids is 2. The Kier molecular flexibility index (Phi) is 25.4. The van der Waals surface area contributed by atoms with Crippen LogP contribution in [-0.2, 0) is 29.1 Å². The predicted octanol–water partition coefficient (Wildman–Crippen LogP) is -11.3. The Balaban J connectivity index is -0.000000120. The number of carboxylic acids is 2. The van der Waals surface area contributed by atoms with Crippen LogP contribution in [0.15, 0.2) is 0 Å². The van der Waals surface area contributed by atoms with E-state index < -0.39 is 74.0 Å². The molecule has 0 spiro atoms. The van der Waals surface area contributed by atoms with Crippen LogP contribution in [0.25, 0.3) is 0 Å².